The lowest BCUT2D eigenvalue weighted by molar-refractivity contribution is -0.133. The monoisotopic (exact) mass is 277 g/mol. The SMILES string of the molecule is FC(F)(F)CCNC1CC(c2ccccc2Cl)C1. The predicted molar refractivity (Wildman–Crippen MR) is 65.9 cm³/mol. The Hall–Kier alpha value is -0.740. The van der Waals surface area contributed by atoms with Gasteiger partial charge >= 0.3 is 6.18 Å². The van der Waals surface area contributed by atoms with Crippen molar-refractivity contribution in [1.82, 2.24) is 5.32 Å². The zero-order chi connectivity index (χ0) is 13.2. The Kier molecular flexibility index (Phi) is 4.17. The van der Waals surface area contributed by atoms with E-state index in [0.717, 1.165) is 23.4 Å². The second-order valence-corrected chi connectivity index (χ2v) is 5.11. The van der Waals surface area contributed by atoms with Gasteiger partial charge in [0.2, 0.25) is 0 Å². The molecule has 0 bridgehead atoms. The van der Waals surface area contributed by atoms with Gasteiger partial charge in [-0.2, -0.15) is 13.2 Å². The first kappa shape index (κ1) is 13.7. The van der Waals surface area contributed by atoms with Crippen LogP contribution in [-0.4, -0.2) is 18.8 Å². The second-order valence-electron chi connectivity index (χ2n) is 4.71. The summed E-state index contributed by atoms with van der Waals surface area (Å²) in [6.45, 7) is 0.00338. The first-order valence-corrected chi connectivity index (χ1v) is 6.38. The highest BCUT2D eigenvalue weighted by molar-refractivity contribution is 6.31. The summed E-state index contributed by atoms with van der Waals surface area (Å²) in [6, 6.07) is 7.84. The fraction of sp³-hybridized carbons (Fsp3) is 0.538. The molecule has 1 aliphatic carbocycles. The minimum atomic E-state index is -4.07. The first-order valence-electron chi connectivity index (χ1n) is 6.00. The molecule has 1 aliphatic rings. The highest BCUT2D eigenvalue weighted by Gasteiger charge is 2.32. The number of benzene rings is 1. The maximum absolute atomic E-state index is 12.0. The van der Waals surface area contributed by atoms with Gasteiger partial charge in [-0.3, -0.25) is 0 Å². The minimum absolute atomic E-state index is 0.00338. The van der Waals surface area contributed by atoms with Crippen LogP contribution >= 0.6 is 11.6 Å². The van der Waals surface area contributed by atoms with E-state index in [1.807, 2.05) is 24.3 Å². The van der Waals surface area contributed by atoms with Gasteiger partial charge in [0, 0.05) is 17.6 Å². The highest BCUT2D eigenvalue weighted by Crippen LogP contribution is 2.39. The van der Waals surface area contributed by atoms with Crippen molar-refractivity contribution in [3.8, 4) is 0 Å². The molecule has 0 aliphatic heterocycles. The van der Waals surface area contributed by atoms with Crippen molar-refractivity contribution < 1.29 is 13.2 Å². The molecule has 1 N–H and O–H groups in total. The number of nitrogens with one attached hydrogen (secondary N) is 1. The molecule has 1 fully saturated rings. The van der Waals surface area contributed by atoms with E-state index >= 15 is 0 Å². The summed E-state index contributed by atoms with van der Waals surface area (Å²) >= 11 is 6.07. The molecular weight excluding hydrogens is 263 g/mol. The minimum Gasteiger partial charge on any atom is -0.314 e. The quantitative estimate of drug-likeness (QED) is 0.873. The predicted octanol–water partition coefficient (Wildman–Crippen LogP) is 4.13. The zero-order valence-corrected chi connectivity index (χ0v) is 10.6. The fourth-order valence-corrected chi connectivity index (χ4v) is 2.55. The molecule has 0 saturated heterocycles. The smallest absolute Gasteiger partial charge is 0.314 e. The molecule has 0 unspecified atom stereocenters. The standard InChI is InChI=1S/C13H15ClF3N/c14-12-4-2-1-3-11(12)9-7-10(8-9)18-6-5-13(15,16)17/h1-4,9-10,18H,5-8H2. The molecule has 18 heavy (non-hydrogen) atoms. The average molecular weight is 278 g/mol. The Bertz CT molecular complexity index is 399. The van der Waals surface area contributed by atoms with Crippen LogP contribution in [0.4, 0.5) is 13.2 Å². The summed E-state index contributed by atoms with van der Waals surface area (Å²) in [4.78, 5) is 0. The van der Waals surface area contributed by atoms with E-state index in [0.29, 0.717) is 5.92 Å². The molecular formula is C13H15ClF3N. The average Bonchev–Trinajstić information content (AvgIpc) is 2.21. The van der Waals surface area contributed by atoms with Crippen LogP contribution in [0.5, 0.6) is 0 Å². The molecule has 1 saturated carbocycles. The molecule has 0 aromatic heterocycles. The van der Waals surface area contributed by atoms with Gasteiger partial charge < -0.3 is 5.32 Å². The third-order valence-electron chi connectivity index (χ3n) is 3.32. The fourth-order valence-electron chi connectivity index (χ4n) is 2.26. The summed E-state index contributed by atoms with van der Waals surface area (Å²) in [6.07, 6.45) is -3.11. The van der Waals surface area contributed by atoms with Crippen molar-refractivity contribution in [3.63, 3.8) is 0 Å². The molecule has 2 rings (SSSR count). The lowest BCUT2D eigenvalue weighted by Gasteiger charge is -2.37. The van der Waals surface area contributed by atoms with Gasteiger partial charge in [0.1, 0.15) is 0 Å². The third kappa shape index (κ3) is 3.62. The van der Waals surface area contributed by atoms with Crippen molar-refractivity contribution in [3.05, 3.63) is 34.9 Å². The zero-order valence-electron chi connectivity index (χ0n) is 9.80. The van der Waals surface area contributed by atoms with Gasteiger partial charge in [-0.15, -0.1) is 0 Å². The largest absolute Gasteiger partial charge is 0.390 e. The van der Waals surface area contributed by atoms with Crippen molar-refractivity contribution in [2.75, 3.05) is 6.54 Å². The molecule has 5 heteroatoms. The Morgan fingerprint density at radius 1 is 1.22 bits per heavy atom. The first-order chi connectivity index (χ1) is 8.46. The highest BCUT2D eigenvalue weighted by atomic mass is 35.5. The van der Waals surface area contributed by atoms with Gasteiger partial charge in [0.15, 0.2) is 0 Å². The van der Waals surface area contributed by atoms with Crippen LogP contribution in [0.3, 0.4) is 0 Å². The molecule has 0 amide bonds. The number of halogens is 4. The molecule has 1 aromatic carbocycles. The summed E-state index contributed by atoms with van der Waals surface area (Å²) in [5, 5.41) is 3.68. The van der Waals surface area contributed by atoms with E-state index in [9.17, 15) is 13.2 Å². The molecule has 1 nitrogen and oxygen atoms in total. The van der Waals surface area contributed by atoms with E-state index in [1.54, 1.807) is 0 Å². The maximum Gasteiger partial charge on any atom is 0.390 e. The summed E-state index contributed by atoms with van der Waals surface area (Å²) in [5.74, 6) is 0.377. The Balaban J connectivity index is 1.73. The Morgan fingerprint density at radius 3 is 2.50 bits per heavy atom. The summed E-state index contributed by atoms with van der Waals surface area (Å²) < 4.78 is 35.9. The van der Waals surface area contributed by atoms with E-state index in [1.165, 1.54) is 0 Å². The summed E-state index contributed by atoms with van der Waals surface area (Å²) in [5.41, 5.74) is 1.10. The number of alkyl halides is 3. The number of hydrogen-bond donors (Lipinski definition) is 1. The lowest BCUT2D eigenvalue weighted by Crippen LogP contribution is -2.41. The van der Waals surface area contributed by atoms with Gasteiger partial charge in [0.25, 0.3) is 0 Å². The van der Waals surface area contributed by atoms with Gasteiger partial charge in [0.05, 0.1) is 6.42 Å². The third-order valence-corrected chi connectivity index (χ3v) is 3.67. The van der Waals surface area contributed by atoms with Crippen LogP contribution in [0.2, 0.25) is 5.02 Å². The number of rotatable bonds is 4. The van der Waals surface area contributed by atoms with E-state index < -0.39 is 12.6 Å². The molecule has 0 radical (unpaired) electrons. The van der Waals surface area contributed by atoms with E-state index in [-0.39, 0.29) is 12.6 Å². The topological polar surface area (TPSA) is 12.0 Å². The van der Waals surface area contributed by atoms with Gasteiger partial charge in [-0.05, 0) is 30.4 Å². The number of hydrogen-bond acceptors (Lipinski definition) is 1. The molecule has 0 atom stereocenters. The van der Waals surface area contributed by atoms with Crippen LogP contribution in [0.25, 0.3) is 0 Å². The van der Waals surface area contributed by atoms with Crippen LogP contribution in [-0.2, 0) is 0 Å². The van der Waals surface area contributed by atoms with Crippen molar-refractivity contribution in [2.45, 2.75) is 37.4 Å². The van der Waals surface area contributed by atoms with Gasteiger partial charge in [-0.25, -0.2) is 0 Å². The summed E-state index contributed by atoms with van der Waals surface area (Å²) in [7, 11) is 0. The molecule has 1 aromatic rings. The van der Waals surface area contributed by atoms with Crippen LogP contribution < -0.4 is 5.32 Å². The van der Waals surface area contributed by atoms with E-state index in [4.69, 9.17) is 11.6 Å². The van der Waals surface area contributed by atoms with Crippen LogP contribution in [0, 0.1) is 0 Å². The lowest BCUT2D eigenvalue weighted by atomic mass is 9.76. The molecule has 100 valence electrons. The van der Waals surface area contributed by atoms with E-state index in [2.05, 4.69) is 5.32 Å². The van der Waals surface area contributed by atoms with Crippen LogP contribution in [0.15, 0.2) is 24.3 Å². The van der Waals surface area contributed by atoms with Gasteiger partial charge in [-0.1, -0.05) is 29.8 Å². The van der Waals surface area contributed by atoms with Crippen molar-refractivity contribution >= 4 is 11.6 Å². The maximum atomic E-state index is 12.0. The Morgan fingerprint density at radius 2 is 1.89 bits per heavy atom. The Labute approximate surface area is 109 Å². The molecule has 0 spiro atoms. The normalized spacial score (nSPS) is 23.8. The van der Waals surface area contributed by atoms with Crippen LogP contribution in [0.1, 0.15) is 30.7 Å². The van der Waals surface area contributed by atoms with Crippen molar-refractivity contribution in [1.29, 1.82) is 0 Å². The second kappa shape index (κ2) is 5.49. The van der Waals surface area contributed by atoms with Crippen molar-refractivity contribution in [2.24, 2.45) is 0 Å². The molecule has 0 heterocycles.